The third kappa shape index (κ3) is 3.88. The molecule has 1 aromatic carbocycles. The molecule has 1 aromatic heterocycles. The van der Waals surface area contributed by atoms with Crippen LogP contribution in [0.2, 0.25) is 0 Å². The zero-order valence-corrected chi connectivity index (χ0v) is 14.7. The van der Waals surface area contributed by atoms with Crippen molar-refractivity contribution in [2.75, 3.05) is 33.3 Å². The first-order valence-corrected chi connectivity index (χ1v) is 8.88. The Morgan fingerprint density at radius 2 is 1.80 bits per heavy atom. The van der Waals surface area contributed by atoms with Crippen LogP contribution in [0.15, 0.2) is 41.8 Å². The van der Waals surface area contributed by atoms with Gasteiger partial charge in [-0.3, -0.25) is 9.69 Å². The van der Waals surface area contributed by atoms with Crippen molar-refractivity contribution >= 4 is 23.2 Å². The molecule has 1 aliphatic rings. The van der Waals surface area contributed by atoms with E-state index in [1.54, 1.807) is 17.0 Å². The van der Waals surface area contributed by atoms with E-state index in [2.05, 4.69) is 0 Å². The zero-order valence-electron chi connectivity index (χ0n) is 13.9. The van der Waals surface area contributed by atoms with Crippen LogP contribution in [0.3, 0.4) is 0 Å². The smallest absolute Gasteiger partial charge is 0.327 e. The van der Waals surface area contributed by atoms with Crippen molar-refractivity contribution in [1.29, 1.82) is 0 Å². The number of methoxy groups -OCH3 is 1. The van der Waals surface area contributed by atoms with E-state index in [1.165, 1.54) is 30.6 Å². The number of benzene rings is 1. The molecule has 0 spiro atoms. The maximum atomic E-state index is 13.2. The van der Waals surface area contributed by atoms with Crippen LogP contribution in [0.5, 0.6) is 0 Å². The molecule has 132 valence electrons. The summed E-state index contributed by atoms with van der Waals surface area (Å²) < 4.78 is 18.1. The van der Waals surface area contributed by atoms with E-state index < -0.39 is 6.04 Å². The zero-order chi connectivity index (χ0) is 17.8. The number of piperazine rings is 1. The number of thiophene rings is 1. The first-order valence-electron chi connectivity index (χ1n) is 8.00. The fourth-order valence-electron chi connectivity index (χ4n) is 2.99. The molecule has 0 bridgehead atoms. The summed E-state index contributed by atoms with van der Waals surface area (Å²) in [6.45, 7) is 2.17. The van der Waals surface area contributed by atoms with Crippen molar-refractivity contribution < 1.29 is 18.7 Å². The van der Waals surface area contributed by atoms with Gasteiger partial charge in [0.1, 0.15) is 11.9 Å². The van der Waals surface area contributed by atoms with Gasteiger partial charge in [0.05, 0.1) is 12.0 Å². The van der Waals surface area contributed by atoms with Gasteiger partial charge >= 0.3 is 5.97 Å². The molecule has 0 aliphatic carbocycles. The minimum Gasteiger partial charge on any atom is -0.468 e. The van der Waals surface area contributed by atoms with Gasteiger partial charge in [-0.2, -0.15) is 0 Å². The first-order chi connectivity index (χ1) is 12.1. The highest BCUT2D eigenvalue weighted by Crippen LogP contribution is 2.25. The summed E-state index contributed by atoms with van der Waals surface area (Å²) >= 11 is 1.42. The Kier molecular flexibility index (Phi) is 5.45. The lowest BCUT2D eigenvalue weighted by molar-refractivity contribution is -0.148. The van der Waals surface area contributed by atoms with E-state index in [-0.39, 0.29) is 17.7 Å². The second-order valence-corrected chi connectivity index (χ2v) is 6.73. The van der Waals surface area contributed by atoms with Crippen molar-refractivity contribution in [3.63, 3.8) is 0 Å². The fraction of sp³-hybridized carbons (Fsp3) is 0.333. The number of hydrogen-bond donors (Lipinski definition) is 0. The molecule has 1 aliphatic heterocycles. The molecule has 0 N–H and O–H groups in total. The lowest BCUT2D eigenvalue weighted by atomic mass is 10.0. The molecule has 7 heteroatoms. The van der Waals surface area contributed by atoms with Gasteiger partial charge in [-0.05, 0) is 29.1 Å². The van der Waals surface area contributed by atoms with Gasteiger partial charge in [-0.25, -0.2) is 9.18 Å². The van der Waals surface area contributed by atoms with E-state index in [0.717, 1.165) is 4.88 Å². The fourth-order valence-corrected chi connectivity index (χ4v) is 3.68. The molecule has 2 heterocycles. The topological polar surface area (TPSA) is 49.9 Å². The van der Waals surface area contributed by atoms with Crippen LogP contribution in [0.1, 0.15) is 21.3 Å². The summed E-state index contributed by atoms with van der Waals surface area (Å²) in [6.07, 6.45) is 0. The number of carbonyl (C=O) groups is 2. The van der Waals surface area contributed by atoms with Gasteiger partial charge in [-0.15, -0.1) is 11.3 Å². The minimum absolute atomic E-state index is 0.0195. The van der Waals surface area contributed by atoms with E-state index in [1.807, 2.05) is 22.4 Å². The largest absolute Gasteiger partial charge is 0.468 e. The maximum Gasteiger partial charge on any atom is 0.327 e. The summed E-state index contributed by atoms with van der Waals surface area (Å²) in [5, 5.41) is 1.88. The molecular formula is C18H19FN2O3S. The SMILES string of the molecule is COC(=O)C(c1ccc(F)cc1)N1CCN(C(=O)c2cccs2)CC1. The number of amides is 1. The summed E-state index contributed by atoms with van der Waals surface area (Å²) in [4.78, 5) is 29.2. The Bertz CT molecular complexity index is 725. The van der Waals surface area contributed by atoms with Crippen molar-refractivity contribution in [3.05, 3.63) is 58.0 Å². The normalized spacial score (nSPS) is 16.5. The van der Waals surface area contributed by atoms with Gasteiger partial charge in [0, 0.05) is 26.2 Å². The second-order valence-electron chi connectivity index (χ2n) is 5.78. The van der Waals surface area contributed by atoms with Gasteiger partial charge in [0.2, 0.25) is 0 Å². The summed E-state index contributed by atoms with van der Waals surface area (Å²) in [5.41, 5.74) is 0.686. The lowest BCUT2D eigenvalue weighted by Crippen LogP contribution is -2.51. The molecule has 1 saturated heterocycles. The highest BCUT2D eigenvalue weighted by molar-refractivity contribution is 7.12. The maximum absolute atomic E-state index is 13.2. The molecule has 0 saturated carbocycles. The quantitative estimate of drug-likeness (QED) is 0.785. The number of carbonyl (C=O) groups excluding carboxylic acids is 2. The molecule has 2 aromatic rings. The molecule has 0 radical (unpaired) electrons. The van der Waals surface area contributed by atoms with E-state index >= 15 is 0 Å². The third-order valence-corrected chi connectivity index (χ3v) is 5.17. The lowest BCUT2D eigenvalue weighted by Gasteiger charge is -2.38. The van der Waals surface area contributed by atoms with Gasteiger partial charge in [-0.1, -0.05) is 18.2 Å². The van der Waals surface area contributed by atoms with E-state index in [4.69, 9.17) is 4.74 Å². The number of ether oxygens (including phenoxy) is 1. The minimum atomic E-state index is -0.593. The van der Waals surface area contributed by atoms with Crippen LogP contribution in [0.4, 0.5) is 4.39 Å². The molecule has 25 heavy (non-hydrogen) atoms. The van der Waals surface area contributed by atoms with Gasteiger partial charge < -0.3 is 9.64 Å². The number of hydrogen-bond acceptors (Lipinski definition) is 5. The van der Waals surface area contributed by atoms with Crippen LogP contribution >= 0.6 is 11.3 Å². The monoisotopic (exact) mass is 362 g/mol. The van der Waals surface area contributed by atoms with Crippen LogP contribution in [-0.4, -0.2) is 55.0 Å². The van der Waals surface area contributed by atoms with Crippen molar-refractivity contribution in [2.24, 2.45) is 0 Å². The number of esters is 1. The average molecular weight is 362 g/mol. The third-order valence-electron chi connectivity index (χ3n) is 4.31. The van der Waals surface area contributed by atoms with E-state index in [9.17, 15) is 14.0 Å². The van der Waals surface area contributed by atoms with Gasteiger partial charge in [0.15, 0.2) is 0 Å². The molecule has 1 amide bonds. The summed E-state index contributed by atoms with van der Waals surface area (Å²) in [5.74, 6) is -0.713. The predicted molar refractivity (Wildman–Crippen MR) is 93.0 cm³/mol. The van der Waals surface area contributed by atoms with Crippen LogP contribution < -0.4 is 0 Å². The van der Waals surface area contributed by atoms with Crippen LogP contribution in [0, 0.1) is 5.82 Å². The Balaban J connectivity index is 1.71. The molecule has 3 rings (SSSR count). The Labute approximate surface area is 149 Å². The summed E-state index contributed by atoms with van der Waals surface area (Å²) in [7, 11) is 1.34. The highest BCUT2D eigenvalue weighted by Gasteiger charge is 2.32. The Morgan fingerprint density at radius 1 is 1.12 bits per heavy atom. The highest BCUT2D eigenvalue weighted by atomic mass is 32.1. The number of rotatable bonds is 4. The second kappa shape index (κ2) is 7.76. The number of nitrogens with zero attached hydrogens (tertiary/aromatic N) is 2. The number of halogens is 1. The predicted octanol–water partition coefficient (Wildman–Crippen LogP) is 2.56. The van der Waals surface area contributed by atoms with Crippen molar-refractivity contribution in [2.45, 2.75) is 6.04 Å². The standard InChI is InChI=1S/C18H19FN2O3S/c1-24-18(23)16(13-4-6-14(19)7-5-13)20-8-10-21(11-9-20)17(22)15-3-2-12-25-15/h2-7,12,16H,8-11H2,1H3. The molecular weight excluding hydrogens is 343 g/mol. The molecule has 5 nitrogen and oxygen atoms in total. The van der Waals surface area contributed by atoms with Gasteiger partial charge in [0.25, 0.3) is 5.91 Å². The Morgan fingerprint density at radius 3 is 2.36 bits per heavy atom. The average Bonchev–Trinajstić information content (AvgIpc) is 3.18. The van der Waals surface area contributed by atoms with E-state index in [0.29, 0.717) is 31.7 Å². The van der Waals surface area contributed by atoms with Crippen molar-refractivity contribution in [3.8, 4) is 0 Å². The molecule has 1 unspecified atom stereocenters. The first kappa shape index (κ1) is 17.6. The molecule has 1 fully saturated rings. The Hall–Kier alpha value is -2.25. The summed E-state index contributed by atoms with van der Waals surface area (Å²) in [6, 6.07) is 8.94. The van der Waals surface area contributed by atoms with Crippen LogP contribution in [-0.2, 0) is 9.53 Å². The molecule has 1 atom stereocenters. The van der Waals surface area contributed by atoms with Crippen molar-refractivity contribution in [1.82, 2.24) is 9.80 Å². The van der Waals surface area contributed by atoms with Crippen LogP contribution in [0.25, 0.3) is 0 Å².